The lowest BCUT2D eigenvalue weighted by Gasteiger charge is -2.28. The van der Waals surface area contributed by atoms with Crippen LogP contribution in [-0.2, 0) is 14.3 Å². The van der Waals surface area contributed by atoms with E-state index in [0.717, 1.165) is 19.3 Å². The second-order valence-corrected chi connectivity index (χ2v) is 8.12. The highest BCUT2D eigenvalue weighted by molar-refractivity contribution is 5.80. The number of hydroxylamine groups is 2. The normalized spacial score (nSPS) is 18.0. The van der Waals surface area contributed by atoms with E-state index in [9.17, 15) is 19.2 Å². The van der Waals surface area contributed by atoms with Crippen LogP contribution in [-0.4, -0.2) is 65.4 Å². The number of halogens is 1. The van der Waals surface area contributed by atoms with E-state index in [0.29, 0.717) is 49.5 Å². The molecule has 2 heterocycles. The zero-order valence-electron chi connectivity index (χ0n) is 17.8. The largest absolute Gasteiger partial charge is 0.378 e. The van der Waals surface area contributed by atoms with Crippen molar-refractivity contribution in [1.29, 1.82) is 0 Å². The highest BCUT2D eigenvalue weighted by atomic mass is 19.1. The number of ether oxygens (including phenoxy) is 1. The molecule has 0 bridgehead atoms. The number of carbonyl (C=O) groups excluding carboxylic acids is 2. The van der Waals surface area contributed by atoms with Crippen molar-refractivity contribution in [3.8, 4) is 0 Å². The fraction of sp³-hybridized carbons (Fsp3) is 0.700. The molecule has 3 rings (SSSR count). The molecule has 1 atom stereocenters. The van der Waals surface area contributed by atoms with E-state index in [1.54, 1.807) is 11.8 Å². The Morgan fingerprint density at radius 2 is 2.06 bits per heavy atom. The molecule has 2 amide bonds. The van der Waals surface area contributed by atoms with Crippen LogP contribution in [0.15, 0.2) is 0 Å². The first kappa shape index (κ1) is 23.1. The summed E-state index contributed by atoms with van der Waals surface area (Å²) in [6, 6.07) is 0. The van der Waals surface area contributed by atoms with Crippen molar-refractivity contribution in [2.45, 2.75) is 45.4 Å². The van der Waals surface area contributed by atoms with Gasteiger partial charge in [0.1, 0.15) is 5.82 Å². The van der Waals surface area contributed by atoms with Gasteiger partial charge in [-0.05, 0) is 25.7 Å². The highest BCUT2D eigenvalue weighted by Crippen LogP contribution is 2.30. The summed E-state index contributed by atoms with van der Waals surface area (Å²) < 4.78 is 20.3. The SMILES string of the molecule is Cc1nc(NNC(=O)[C@H](CCC2CCCC2)CN(O)C=O)c(F)c(N2CCOCC2)n1. The van der Waals surface area contributed by atoms with Gasteiger partial charge in [0, 0.05) is 13.1 Å². The van der Waals surface area contributed by atoms with Crippen LogP contribution in [0.1, 0.15) is 44.3 Å². The standard InChI is InChI=1S/C20H31FN6O4/c1-14-22-18(17(21)19(23-14)26-8-10-31-11-9-26)24-25-20(29)16(12-27(30)13-28)7-6-15-4-2-3-5-15/h13,15-16,30H,2-12H2,1H3,(H,25,29)(H,22,23,24)/t16-/m1/s1. The van der Waals surface area contributed by atoms with Gasteiger partial charge in [-0.3, -0.25) is 25.6 Å². The van der Waals surface area contributed by atoms with Crippen LogP contribution in [0.3, 0.4) is 0 Å². The summed E-state index contributed by atoms with van der Waals surface area (Å²) >= 11 is 0. The summed E-state index contributed by atoms with van der Waals surface area (Å²) in [4.78, 5) is 33.6. The Kier molecular flexibility index (Phi) is 8.35. The number of aryl methyl sites for hydroxylation is 1. The summed E-state index contributed by atoms with van der Waals surface area (Å²) in [5, 5.41) is 10.0. The number of rotatable bonds is 10. The van der Waals surface area contributed by atoms with Gasteiger partial charge in [0.25, 0.3) is 0 Å². The Labute approximate surface area is 181 Å². The minimum Gasteiger partial charge on any atom is -0.378 e. The van der Waals surface area contributed by atoms with E-state index in [4.69, 9.17) is 4.74 Å². The first-order valence-electron chi connectivity index (χ1n) is 10.8. The molecular weight excluding hydrogens is 407 g/mol. The van der Waals surface area contributed by atoms with Gasteiger partial charge in [0.2, 0.25) is 18.1 Å². The maximum atomic E-state index is 15.0. The van der Waals surface area contributed by atoms with Crippen molar-refractivity contribution in [3.63, 3.8) is 0 Å². The lowest BCUT2D eigenvalue weighted by Crippen LogP contribution is -2.41. The molecule has 1 aliphatic carbocycles. The van der Waals surface area contributed by atoms with Gasteiger partial charge in [0.15, 0.2) is 11.6 Å². The van der Waals surface area contributed by atoms with Gasteiger partial charge in [0.05, 0.1) is 25.7 Å². The number of morpholine rings is 1. The highest BCUT2D eigenvalue weighted by Gasteiger charge is 2.25. The number of carbonyl (C=O) groups is 2. The van der Waals surface area contributed by atoms with Crippen molar-refractivity contribution >= 4 is 24.0 Å². The molecule has 1 aliphatic heterocycles. The zero-order valence-corrected chi connectivity index (χ0v) is 17.8. The Balaban J connectivity index is 1.64. The fourth-order valence-electron chi connectivity index (χ4n) is 4.14. The van der Waals surface area contributed by atoms with E-state index in [1.165, 1.54) is 12.8 Å². The molecule has 1 saturated heterocycles. The van der Waals surface area contributed by atoms with E-state index in [1.807, 2.05) is 0 Å². The van der Waals surface area contributed by atoms with Crippen LogP contribution in [0.5, 0.6) is 0 Å². The van der Waals surface area contributed by atoms with Crippen LogP contribution in [0.4, 0.5) is 16.0 Å². The molecular formula is C20H31FN6O4. The predicted octanol–water partition coefficient (Wildman–Crippen LogP) is 1.64. The summed E-state index contributed by atoms with van der Waals surface area (Å²) in [7, 11) is 0. The molecule has 0 unspecified atom stereocenters. The van der Waals surface area contributed by atoms with Gasteiger partial charge in [-0.1, -0.05) is 25.7 Å². The van der Waals surface area contributed by atoms with Crippen molar-refractivity contribution < 1.29 is 23.9 Å². The molecule has 2 aliphatic rings. The molecule has 1 aromatic rings. The maximum absolute atomic E-state index is 15.0. The molecule has 3 N–H and O–H groups in total. The smallest absolute Gasteiger partial charge is 0.243 e. The molecule has 0 radical (unpaired) electrons. The number of hydrogen-bond acceptors (Lipinski definition) is 8. The van der Waals surface area contributed by atoms with E-state index in [-0.39, 0.29) is 24.6 Å². The van der Waals surface area contributed by atoms with Gasteiger partial charge in [-0.25, -0.2) is 15.0 Å². The Morgan fingerprint density at radius 1 is 1.35 bits per heavy atom. The maximum Gasteiger partial charge on any atom is 0.243 e. The van der Waals surface area contributed by atoms with E-state index >= 15 is 0 Å². The molecule has 1 aromatic heterocycles. The van der Waals surface area contributed by atoms with Gasteiger partial charge < -0.3 is 9.64 Å². The topological polar surface area (TPSA) is 120 Å². The molecule has 1 saturated carbocycles. The lowest BCUT2D eigenvalue weighted by molar-refractivity contribution is -0.154. The van der Waals surface area contributed by atoms with E-state index < -0.39 is 17.6 Å². The summed E-state index contributed by atoms with van der Waals surface area (Å²) in [5.74, 6) is -0.784. The van der Waals surface area contributed by atoms with Crippen LogP contribution < -0.4 is 15.8 Å². The van der Waals surface area contributed by atoms with Gasteiger partial charge >= 0.3 is 0 Å². The Bertz CT molecular complexity index is 755. The monoisotopic (exact) mass is 438 g/mol. The molecule has 11 heteroatoms. The third-order valence-corrected chi connectivity index (χ3v) is 5.86. The quantitative estimate of drug-likeness (QED) is 0.287. The van der Waals surface area contributed by atoms with Crippen LogP contribution in [0, 0.1) is 24.6 Å². The number of amides is 2. The Hall–Kier alpha value is -2.53. The molecule has 0 spiro atoms. The Morgan fingerprint density at radius 3 is 2.74 bits per heavy atom. The average molecular weight is 439 g/mol. The average Bonchev–Trinajstić information content (AvgIpc) is 3.30. The first-order valence-corrected chi connectivity index (χ1v) is 10.8. The lowest BCUT2D eigenvalue weighted by atomic mass is 9.94. The van der Waals surface area contributed by atoms with Crippen molar-refractivity contribution in [1.82, 2.24) is 20.5 Å². The van der Waals surface area contributed by atoms with Crippen molar-refractivity contribution in [2.24, 2.45) is 11.8 Å². The summed E-state index contributed by atoms with van der Waals surface area (Å²) in [5.41, 5.74) is 5.05. The van der Waals surface area contributed by atoms with E-state index in [2.05, 4.69) is 20.8 Å². The molecule has 172 valence electrons. The number of hydrogen-bond donors (Lipinski definition) is 3. The number of nitrogens with one attached hydrogen (secondary N) is 2. The second kappa shape index (κ2) is 11.2. The van der Waals surface area contributed by atoms with Crippen molar-refractivity contribution in [2.75, 3.05) is 43.2 Å². The molecule has 31 heavy (non-hydrogen) atoms. The molecule has 0 aromatic carbocycles. The van der Waals surface area contributed by atoms with Crippen LogP contribution in [0.25, 0.3) is 0 Å². The third kappa shape index (κ3) is 6.47. The number of aromatic nitrogens is 2. The summed E-state index contributed by atoms with van der Waals surface area (Å²) in [6.07, 6.45) is 6.30. The molecule has 2 fully saturated rings. The minimum atomic E-state index is -0.660. The minimum absolute atomic E-state index is 0.131. The second-order valence-electron chi connectivity index (χ2n) is 8.12. The van der Waals surface area contributed by atoms with Crippen LogP contribution >= 0.6 is 0 Å². The van der Waals surface area contributed by atoms with Crippen LogP contribution in [0.2, 0.25) is 0 Å². The number of anilines is 2. The first-order chi connectivity index (χ1) is 15.0. The van der Waals surface area contributed by atoms with Gasteiger partial charge in [-0.15, -0.1) is 0 Å². The molecule has 10 nitrogen and oxygen atoms in total. The number of hydrazine groups is 1. The van der Waals surface area contributed by atoms with Crippen molar-refractivity contribution in [3.05, 3.63) is 11.6 Å². The summed E-state index contributed by atoms with van der Waals surface area (Å²) in [6.45, 7) is 3.52. The third-order valence-electron chi connectivity index (χ3n) is 5.86. The zero-order chi connectivity index (χ0) is 22.2. The predicted molar refractivity (Wildman–Crippen MR) is 111 cm³/mol. The fourth-order valence-corrected chi connectivity index (χ4v) is 4.14. The number of nitrogens with zero attached hydrogens (tertiary/aromatic N) is 4. The van der Waals surface area contributed by atoms with Gasteiger partial charge in [-0.2, -0.15) is 4.39 Å².